The van der Waals surface area contributed by atoms with Crippen LogP contribution in [0.2, 0.25) is 0 Å². The molecule has 0 saturated heterocycles. The Bertz CT molecular complexity index is 1500. The van der Waals surface area contributed by atoms with Crippen molar-refractivity contribution in [1.82, 2.24) is 19.7 Å². The molecule has 5 rings (SSSR count). The molecule has 0 aliphatic heterocycles. The molecule has 0 fully saturated rings. The fraction of sp³-hybridized carbons (Fsp3) is 0.120. The number of H-pyrrole nitrogens is 1. The second-order valence-electron chi connectivity index (χ2n) is 7.60. The van der Waals surface area contributed by atoms with Crippen molar-refractivity contribution in [3.05, 3.63) is 93.7 Å². The number of fused-ring (bicyclic) bond motifs is 1. The zero-order valence-corrected chi connectivity index (χ0v) is 18.7. The maximum atomic E-state index is 13.3. The van der Waals surface area contributed by atoms with Gasteiger partial charge in [0.1, 0.15) is 11.5 Å². The molecular weight excluding hydrogens is 434 g/mol. The number of hydrogen-bond donors (Lipinski definition) is 2. The summed E-state index contributed by atoms with van der Waals surface area (Å²) in [7, 11) is 0. The molecule has 0 saturated carbocycles. The van der Waals surface area contributed by atoms with Crippen molar-refractivity contribution in [3.63, 3.8) is 0 Å². The predicted molar refractivity (Wildman–Crippen MR) is 131 cm³/mol. The first-order valence-electron chi connectivity index (χ1n) is 10.7. The Kier molecular flexibility index (Phi) is 5.58. The van der Waals surface area contributed by atoms with E-state index < -0.39 is 0 Å². The van der Waals surface area contributed by atoms with Crippen LogP contribution in [0.15, 0.2) is 76.9 Å². The van der Waals surface area contributed by atoms with E-state index >= 15 is 0 Å². The number of anilines is 1. The molecule has 3 heterocycles. The average Bonchev–Trinajstić information content (AvgIpc) is 3.49. The third kappa shape index (κ3) is 4.20. The number of amides is 1. The number of nitrogens with one attached hydrogen (secondary N) is 2. The smallest absolute Gasteiger partial charge is 0.257 e. The molecule has 2 aromatic carbocycles. The largest absolute Gasteiger partial charge is 0.306 e. The highest BCUT2D eigenvalue weighted by atomic mass is 32.1. The summed E-state index contributed by atoms with van der Waals surface area (Å²) in [5, 5.41) is 11.4. The summed E-state index contributed by atoms with van der Waals surface area (Å²) in [6, 6.07) is 20.5. The van der Waals surface area contributed by atoms with Crippen molar-refractivity contribution in [2.75, 3.05) is 5.32 Å². The lowest BCUT2D eigenvalue weighted by atomic mass is 10.0. The first-order valence-corrected chi connectivity index (χ1v) is 11.5. The standard InChI is InChI=1S/C25H21N5O2S/c1-2-7-17-14-23(31)28-25(26-17)30-22(15-20(29-30)21-12-6-13-33-21)27-24(32)19-11-5-9-16-8-3-4-10-18(16)19/h3-6,8-15H,2,7H2,1H3,(H,27,32)(H,26,28,31). The lowest BCUT2D eigenvalue weighted by molar-refractivity contribution is 0.102. The second-order valence-corrected chi connectivity index (χ2v) is 8.54. The maximum absolute atomic E-state index is 13.3. The van der Waals surface area contributed by atoms with Gasteiger partial charge in [0.15, 0.2) is 0 Å². The molecule has 7 nitrogen and oxygen atoms in total. The minimum atomic E-state index is -0.266. The SMILES string of the molecule is CCCc1cc(=O)[nH]c(-n2nc(-c3cccs3)cc2NC(=O)c2cccc3ccccc23)n1. The predicted octanol–water partition coefficient (Wildman–Crippen LogP) is 5.04. The molecule has 0 aliphatic rings. The molecule has 0 bridgehead atoms. The molecular formula is C25H21N5O2S. The van der Waals surface area contributed by atoms with Gasteiger partial charge in [-0.15, -0.1) is 11.3 Å². The van der Waals surface area contributed by atoms with E-state index in [1.165, 1.54) is 10.7 Å². The van der Waals surface area contributed by atoms with Crippen LogP contribution in [0, 0.1) is 0 Å². The fourth-order valence-corrected chi connectivity index (χ4v) is 4.44. The highest BCUT2D eigenvalue weighted by Crippen LogP contribution is 2.28. The molecule has 0 atom stereocenters. The van der Waals surface area contributed by atoms with Gasteiger partial charge in [0.2, 0.25) is 5.95 Å². The molecule has 1 amide bonds. The third-order valence-corrected chi connectivity index (χ3v) is 6.14. The number of rotatable bonds is 6. The molecule has 0 radical (unpaired) electrons. The number of aromatic amines is 1. The summed E-state index contributed by atoms with van der Waals surface area (Å²) in [5.74, 6) is 0.424. The molecule has 0 aliphatic carbocycles. The number of carbonyl (C=O) groups excluding carboxylic acids is 1. The van der Waals surface area contributed by atoms with E-state index in [0.29, 0.717) is 29.2 Å². The highest BCUT2D eigenvalue weighted by molar-refractivity contribution is 7.13. The topological polar surface area (TPSA) is 92.7 Å². The van der Waals surface area contributed by atoms with E-state index in [1.54, 1.807) is 23.5 Å². The van der Waals surface area contributed by atoms with E-state index in [4.69, 9.17) is 0 Å². The summed E-state index contributed by atoms with van der Waals surface area (Å²) in [5.41, 5.74) is 1.65. The van der Waals surface area contributed by atoms with Crippen LogP contribution in [0.5, 0.6) is 0 Å². The highest BCUT2D eigenvalue weighted by Gasteiger charge is 2.18. The number of hydrogen-bond acceptors (Lipinski definition) is 5. The van der Waals surface area contributed by atoms with Gasteiger partial charge in [0, 0.05) is 23.4 Å². The van der Waals surface area contributed by atoms with Gasteiger partial charge >= 0.3 is 0 Å². The van der Waals surface area contributed by atoms with Crippen LogP contribution < -0.4 is 10.9 Å². The van der Waals surface area contributed by atoms with Gasteiger partial charge in [0.05, 0.1) is 4.88 Å². The van der Waals surface area contributed by atoms with Crippen molar-refractivity contribution in [3.8, 4) is 16.5 Å². The first-order chi connectivity index (χ1) is 16.1. The minimum Gasteiger partial charge on any atom is -0.306 e. The van der Waals surface area contributed by atoms with Gasteiger partial charge in [-0.2, -0.15) is 9.78 Å². The molecule has 0 spiro atoms. The van der Waals surface area contributed by atoms with E-state index in [0.717, 1.165) is 22.1 Å². The summed E-state index contributed by atoms with van der Waals surface area (Å²) in [4.78, 5) is 33.8. The maximum Gasteiger partial charge on any atom is 0.257 e. The quantitative estimate of drug-likeness (QED) is 0.375. The van der Waals surface area contributed by atoms with Gasteiger partial charge in [-0.05, 0) is 34.7 Å². The van der Waals surface area contributed by atoms with E-state index in [2.05, 4.69) is 20.4 Å². The minimum absolute atomic E-state index is 0.261. The average molecular weight is 456 g/mol. The van der Waals surface area contributed by atoms with Crippen molar-refractivity contribution >= 4 is 33.8 Å². The lowest BCUT2D eigenvalue weighted by Crippen LogP contribution is -2.19. The van der Waals surface area contributed by atoms with Gasteiger partial charge in [-0.1, -0.05) is 55.8 Å². The van der Waals surface area contributed by atoms with Crippen LogP contribution in [-0.2, 0) is 6.42 Å². The van der Waals surface area contributed by atoms with Gasteiger partial charge in [0.25, 0.3) is 11.5 Å². The summed E-state index contributed by atoms with van der Waals surface area (Å²) >= 11 is 1.54. The van der Waals surface area contributed by atoms with Gasteiger partial charge < -0.3 is 5.32 Å². The number of benzene rings is 2. The van der Waals surface area contributed by atoms with E-state index in [-0.39, 0.29) is 17.4 Å². The normalized spacial score (nSPS) is 11.1. The van der Waals surface area contributed by atoms with Crippen LogP contribution in [0.25, 0.3) is 27.3 Å². The van der Waals surface area contributed by atoms with Crippen LogP contribution in [0.1, 0.15) is 29.4 Å². The fourth-order valence-electron chi connectivity index (χ4n) is 3.76. The summed E-state index contributed by atoms with van der Waals surface area (Å²) in [6.07, 6.45) is 1.54. The molecule has 8 heteroatoms. The lowest BCUT2D eigenvalue weighted by Gasteiger charge is -2.10. The van der Waals surface area contributed by atoms with Gasteiger partial charge in [-0.25, -0.2) is 4.98 Å². The van der Waals surface area contributed by atoms with Crippen molar-refractivity contribution in [2.45, 2.75) is 19.8 Å². The Hall–Kier alpha value is -4.04. The number of aromatic nitrogens is 4. The molecule has 0 unspecified atom stereocenters. The Balaban J connectivity index is 1.59. The van der Waals surface area contributed by atoms with Gasteiger partial charge in [-0.3, -0.25) is 14.6 Å². The van der Waals surface area contributed by atoms with E-state index in [9.17, 15) is 9.59 Å². The zero-order chi connectivity index (χ0) is 22.8. The van der Waals surface area contributed by atoms with Crippen LogP contribution >= 0.6 is 11.3 Å². The Morgan fingerprint density at radius 2 is 1.94 bits per heavy atom. The van der Waals surface area contributed by atoms with Crippen molar-refractivity contribution < 1.29 is 4.79 Å². The van der Waals surface area contributed by atoms with Crippen LogP contribution in [0.3, 0.4) is 0 Å². The number of carbonyl (C=O) groups is 1. The van der Waals surface area contributed by atoms with Crippen LogP contribution in [-0.4, -0.2) is 25.7 Å². The molecule has 33 heavy (non-hydrogen) atoms. The molecule has 3 aromatic heterocycles. The first kappa shape index (κ1) is 20.8. The molecule has 5 aromatic rings. The number of nitrogens with zero attached hydrogens (tertiary/aromatic N) is 3. The van der Waals surface area contributed by atoms with Crippen LogP contribution in [0.4, 0.5) is 5.82 Å². The second kappa shape index (κ2) is 8.84. The molecule has 2 N–H and O–H groups in total. The Morgan fingerprint density at radius 1 is 1.09 bits per heavy atom. The summed E-state index contributed by atoms with van der Waals surface area (Å²) in [6.45, 7) is 2.03. The number of thiophene rings is 1. The third-order valence-electron chi connectivity index (χ3n) is 5.25. The van der Waals surface area contributed by atoms with Crippen molar-refractivity contribution in [2.24, 2.45) is 0 Å². The molecule has 164 valence electrons. The van der Waals surface area contributed by atoms with Crippen molar-refractivity contribution in [1.29, 1.82) is 0 Å². The number of aryl methyl sites for hydroxylation is 1. The summed E-state index contributed by atoms with van der Waals surface area (Å²) < 4.78 is 1.48. The zero-order valence-electron chi connectivity index (χ0n) is 17.9. The Labute approximate surface area is 193 Å². The monoisotopic (exact) mass is 455 g/mol. The Morgan fingerprint density at radius 3 is 2.76 bits per heavy atom. The van der Waals surface area contributed by atoms with E-state index in [1.807, 2.05) is 60.8 Å².